The number of carboxylic acid groups (broad SMARTS) is 1. The van der Waals surface area contributed by atoms with Crippen LogP contribution in [0.15, 0.2) is 39.9 Å². The summed E-state index contributed by atoms with van der Waals surface area (Å²) in [6.45, 7) is -0.422. The number of hydrogen-bond acceptors (Lipinski definition) is 5. The van der Waals surface area contributed by atoms with Crippen molar-refractivity contribution in [2.45, 2.75) is 0 Å². The Bertz CT molecular complexity index is 793. The largest absolute Gasteiger partial charge is 0.480 e. The third-order valence-corrected chi connectivity index (χ3v) is 4.34. The number of nitrogens with zero attached hydrogens (tertiary/aromatic N) is 1. The van der Waals surface area contributed by atoms with E-state index in [2.05, 4.69) is 0 Å². The van der Waals surface area contributed by atoms with Gasteiger partial charge in [-0.2, -0.15) is 0 Å². The second-order valence-electron chi connectivity index (χ2n) is 4.35. The third-order valence-electron chi connectivity index (χ3n) is 2.96. The number of thiocarbonyl (C=S) groups is 1. The van der Waals surface area contributed by atoms with Gasteiger partial charge in [-0.05, 0) is 12.1 Å². The minimum absolute atomic E-state index is 0.251. The quantitative estimate of drug-likeness (QED) is 0.693. The van der Waals surface area contributed by atoms with E-state index in [1.165, 1.54) is 0 Å². The second kappa shape index (κ2) is 5.34. The van der Waals surface area contributed by atoms with E-state index < -0.39 is 18.4 Å². The molecule has 0 radical (unpaired) electrons. The molecule has 0 spiro atoms. The molecule has 3 rings (SSSR count). The molecule has 0 aliphatic carbocycles. The number of aliphatic carboxylic acids is 1. The lowest BCUT2D eigenvalue weighted by molar-refractivity contribution is -0.140. The molecule has 0 saturated carbocycles. The van der Waals surface area contributed by atoms with Crippen molar-refractivity contribution in [2.24, 2.45) is 0 Å². The lowest BCUT2D eigenvalue weighted by Crippen LogP contribution is -2.33. The number of carbonyl (C=O) groups excluding carboxylic acids is 1. The van der Waals surface area contributed by atoms with Crippen molar-refractivity contribution < 1.29 is 19.1 Å². The molecule has 1 N–H and O–H groups in total. The summed E-state index contributed by atoms with van der Waals surface area (Å²) in [4.78, 5) is 24.4. The lowest BCUT2D eigenvalue weighted by atomic mass is 10.1. The summed E-state index contributed by atoms with van der Waals surface area (Å²) in [7, 11) is 0. The second-order valence-corrected chi connectivity index (χ2v) is 6.02. The summed E-state index contributed by atoms with van der Waals surface area (Å²) in [6, 6.07) is 7.47. The molecule has 0 bridgehead atoms. The smallest absolute Gasteiger partial charge is 0.323 e. The minimum atomic E-state index is -1.10. The van der Waals surface area contributed by atoms with Crippen LogP contribution in [0.2, 0.25) is 0 Å². The molecule has 0 atom stereocenters. The fraction of sp³-hybridized carbons (Fsp3) is 0.0714. The van der Waals surface area contributed by atoms with Crippen LogP contribution in [-0.4, -0.2) is 32.7 Å². The van der Waals surface area contributed by atoms with Crippen molar-refractivity contribution in [3.05, 3.63) is 41.0 Å². The average Bonchev–Trinajstić information content (AvgIpc) is 2.96. The highest BCUT2D eigenvalue weighted by atomic mass is 32.2. The Kier molecular flexibility index (Phi) is 3.52. The maximum absolute atomic E-state index is 12.2. The Morgan fingerprint density at radius 2 is 2.19 bits per heavy atom. The van der Waals surface area contributed by atoms with Gasteiger partial charge in [-0.1, -0.05) is 42.2 Å². The number of rotatable bonds is 3. The van der Waals surface area contributed by atoms with Gasteiger partial charge in [0.25, 0.3) is 5.91 Å². The van der Waals surface area contributed by atoms with Crippen LogP contribution in [0.4, 0.5) is 0 Å². The van der Waals surface area contributed by atoms with E-state index in [0.717, 1.165) is 33.2 Å². The summed E-state index contributed by atoms with van der Waals surface area (Å²) in [6.07, 6.45) is 3.24. The van der Waals surface area contributed by atoms with E-state index in [-0.39, 0.29) is 4.32 Å². The normalized spacial score (nSPS) is 17.1. The molecule has 5 nitrogen and oxygen atoms in total. The van der Waals surface area contributed by atoms with Gasteiger partial charge < -0.3 is 9.52 Å². The van der Waals surface area contributed by atoms with Crippen molar-refractivity contribution in [3.8, 4) is 0 Å². The van der Waals surface area contributed by atoms with Gasteiger partial charge in [0, 0.05) is 10.9 Å². The molecule has 1 aliphatic rings. The maximum atomic E-state index is 12.2. The number of benzene rings is 1. The van der Waals surface area contributed by atoms with Crippen molar-refractivity contribution in [3.63, 3.8) is 0 Å². The standard InChI is InChI=1S/C14H9NO4S2/c16-12(17)6-15-13(18)11(21-14(15)20)5-8-7-19-10-4-2-1-3-9(8)10/h1-5,7H,6H2,(H,16,17)/b11-5-. The fourth-order valence-electron chi connectivity index (χ4n) is 2.02. The summed E-state index contributed by atoms with van der Waals surface area (Å²) in [5, 5.41) is 9.69. The molecule has 2 heterocycles. The molecule has 1 aliphatic heterocycles. The van der Waals surface area contributed by atoms with Gasteiger partial charge in [0.15, 0.2) is 0 Å². The maximum Gasteiger partial charge on any atom is 0.323 e. The lowest BCUT2D eigenvalue weighted by Gasteiger charge is -2.10. The van der Waals surface area contributed by atoms with Gasteiger partial charge in [0.1, 0.15) is 16.4 Å². The van der Waals surface area contributed by atoms with E-state index in [1.54, 1.807) is 12.3 Å². The Morgan fingerprint density at radius 1 is 1.43 bits per heavy atom. The Morgan fingerprint density at radius 3 is 2.95 bits per heavy atom. The zero-order chi connectivity index (χ0) is 15.0. The predicted molar refractivity (Wildman–Crippen MR) is 83.7 cm³/mol. The Labute approximate surface area is 129 Å². The van der Waals surface area contributed by atoms with Gasteiger partial charge in [0.05, 0.1) is 11.2 Å². The molecule has 1 amide bonds. The number of thioether (sulfide) groups is 1. The number of amides is 1. The zero-order valence-corrected chi connectivity index (χ0v) is 12.2. The molecule has 1 aromatic carbocycles. The third kappa shape index (κ3) is 2.57. The van der Waals surface area contributed by atoms with Crippen LogP contribution in [0, 0.1) is 0 Å². The predicted octanol–water partition coefficient (Wildman–Crippen LogP) is 2.72. The van der Waals surface area contributed by atoms with Gasteiger partial charge >= 0.3 is 5.97 Å². The summed E-state index contributed by atoms with van der Waals surface area (Å²) < 4.78 is 5.66. The van der Waals surface area contributed by atoms with E-state index in [9.17, 15) is 9.59 Å². The minimum Gasteiger partial charge on any atom is -0.480 e. The topological polar surface area (TPSA) is 70.8 Å². The highest BCUT2D eigenvalue weighted by Crippen LogP contribution is 2.34. The number of hydrogen-bond donors (Lipinski definition) is 1. The van der Waals surface area contributed by atoms with E-state index in [4.69, 9.17) is 21.7 Å². The molecular weight excluding hydrogens is 310 g/mol. The molecule has 1 fully saturated rings. The van der Waals surface area contributed by atoms with E-state index in [0.29, 0.717) is 4.91 Å². The number of fused-ring (bicyclic) bond motifs is 1. The first-order valence-electron chi connectivity index (χ1n) is 5.99. The van der Waals surface area contributed by atoms with Crippen LogP contribution >= 0.6 is 24.0 Å². The Hall–Kier alpha value is -2.12. The van der Waals surface area contributed by atoms with Crippen LogP contribution in [0.1, 0.15) is 5.56 Å². The first-order chi connectivity index (χ1) is 10.1. The summed E-state index contributed by atoms with van der Waals surface area (Å²) in [5.41, 5.74) is 1.49. The highest BCUT2D eigenvalue weighted by Gasteiger charge is 2.33. The molecule has 21 heavy (non-hydrogen) atoms. The number of furan rings is 1. The first kappa shape index (κ1) is 13.8. The summed E-state index contributed by atoms with van der Waals surface area (Å²) in [5.74, 6) is -1.49. The molecular formula is C14H9NO4S2. The highest BCUT2D eigenvalue weighted by molar-refractivity contribution is 8.26. The van der Waals surface area contributed by atoms with Crippen molar-refractivity contribution >= 4 is 57.2 Å². The first-order valence-corrected chi connectivity index (χ1v) is 7.22. The van der Waals surface area contributed by atoms with Crippen LogP contribution in [0.3, 0.4) is 0 Å². The van der Waals surface area contributed by atoms with Gasteiger partial charge in [0.2, 0.25) is 0 Å². The molecule has 1 saturated heterocycles. The SMILES string of the molecule is O=C(O)CN1C(=O)/C(=C/c2coc3ccccc23)SC1=S. The van der Waals surface area contributed by atoms with Crippen molar-refractivity contribution in [1.82, 2.24) is 4.90 Å². The number of carbonyl (C=O) groups is 2. The van der Waals surface area contributed by atoms with Crippen LogP contribution < -0.4 is 0 Å². The molecule has 106 valence electrons. The Balaban J connectivity index is 1.95. The monoisotopic (exact) mass is 319 g/mol. The molecule has 2 aromatic rings. The fourth-order valence-corrected chi connectivity index (χ4v) is 3.27. The van der Waals surface area contributed by atoms with Crippen molar-refractivity contribution in [1.29, 1.82) is 0 Å². The van der Waals surface area contributed by atoms with Gasteiger partial charge in [-0.25, -0.2) is 0 Å². The molecule has 0 unspecified atom stereocenters. The van der Waals surface area contributed by atoms with Crippen LogP contribution in [0.25, 0.3) is 17.0 Å². The van der Waals surface area contributed by atoms with Crippen LogP contribution in [0.5, 0.6) is 0 Å². The molecule has 1 aromatic heterocycles. The zero-order valence-electron chi connectivity index (χ0n) is 10.6. The number of para-hydroxylation sites is 1. The van der Waals surface area contributed by atoms with Crippen LogP contribution in [-0.2, 0) is 9.59 Å². The van der Waals surface area contributed by atoms with Gasteiger partial charge in [-0.3, -0.25) is 14.5 Å². The van der Waals surface area contributed by atoms with E-state index in [1.807, 2.05) is 24.3 Å². The van der Waals surface area contributed by atoms with Gasteiger partial charge in [-0.15, -0.1) is 0 Å². The van der Waals surface area contributed by atoms with Crippen molar-refractivity contribution in [2.75, 3.05) is 6.54 Å². The van der Waals surface area contributed by atoms with E-state index >= 15 is 0 Å². The number of carboxylic acids is 1. The summed E-state index contributed by atoms with van der Waals surface area (Å²) >= 11 is 6.14. The molecule has 7 heteroatoms. The average molecular weight is 319 g/mol.